The van der Waals surface area contributed by atoms with Crippen LogP contribution in [0.5, 0.6) is 0 Å². The van der Waals surface area contributed by atoms with Crippen LogP contribution < -0.4 is 15.8 Å². The molecule has 2 amide bonds. The average molecular weight is 398 g/mol. The molecule has 1 aliphatic rings. The standard InChI is InChI=1S/C20H22N4O3S/c1-12-10-15(13(2)27-12)19(26)23-22-18(25)14-6-5-9-24(11-14)20-21-16-7-3-4-8-17(16)28-20/h3-4,7-8,10,14H,5-6,9,11H2,1-2H3,(H,22,25)(H,23,26)/t14-/m0/s1. The second-order valence-electron chi connectivity index (χ2n) is 7.02. The number of hydrogen-bond donors (Lipinski definition) is 2. The summed E-state index contributed by atoms with van der Waals surface area (Å²) in [6, 6.07) is 9.69. The van der Waals surface area contributed by atoms with E-state index in [2.05, 4.69) is 26.8 Å². The fraction of sp³-hybridized carbons (Fsp3) is 0.350. The molecule has 1 fully saturated rings. The first-order valence-electron chi connectivity index (χ1n) is 9.29. The van der Waals surface area contributed by atoms with Crippen molar-refractivity contribution in [1.29, 1.82) is 0 Å². The molecule has 4 rings (SSSR count). The third-order valence-electron chi connectivity index (χ3n) is 4.93. The van der Waals surface area contributed by atoms with Crippen molar-refractivity contribution in [3.8, 4) is 0 Å². The molecule has 8 heteroatoms. The smallest absolute Gasteiger partial charge is 0.273 e. The Morgan fingerprint density at radius 2 is 2.07 bits per heavy atom. The van der Waals surface area contributed by atoms with Gasteiger partial charge in [0.1, 0.15) is 11.5 Å². The molecule has 28 heavy (non-hydrogen) atoms. The van der Waals surface area contributed by atoms with E-state index in [1.165, 1.54) is 0 Å². The molecule has 1 saturated heterocycles. The van der Waals surface area contributed by atoms with Crippen molar-refractivity contribution in [2.75, 3.05) is 18.0 Å². The number of carbonyl (C=O) groups excluding carboxylic acids is 2. The number of nitrogens with one attached hydrogen (secondary N) is 2. The molecule has 0 radical (unpaired) electrons. The molecule has 0 aliphatic carbocycles. The Morgan fingerprint density at radius 1 is 1.25 bits per heavy atom. The first kappa shape index (κ1) is 18.5. The van der Waals surface area contributed by atoms with E-state index >= 15 is 0 Å². The number of anilines is 1. The van der Waals surface area contributed by atoms with Crippen LogP contribution in [0.25, 0.3) is 10.2 Å². The van der Waals surface area contributed by atoms with Gasteiger partial charge in [-0.15, -0.1) is 0 Å². The molecule has 0 spiro atoms. The minimum absolute atomic E-state index is 0.183. The first-order valence-corrected chi connectivity index (χ1v) is 10.1. The maximum absolute atomic E-state index is 12.6. The molecule has 7 nitrogen and oxygen atoms in total. The Morgan fingerprint density at radius 3 is 2.82 bits per heavy atom. The van der Waals surface area contributed by atoms with Gasteiger partial charge in [0, 0.05) is 13.1 Å². The molecule has 2 N–H and O–H groups in total. The van der Waals surface area contributed by atoms with Gasteiger partial charge < -0.3 is 9.32 Å². The van der Waals surface area contributed by atoms with Gasteiger partial charge in [0.2, 0.25) is 5.91 Å². The Balaban J connectivity index is 1.38. The van der Waals surface area contributed by atoms with Crippen LogP contribution in [-0.4, -0.2) is 29.9 Å². The fourth-order valence-corrected chi connectivity index (χ4v) is 4.50. The number of rotatable bonds is 3. The van der Waals surface area contributed by atoms with Crippen molar-refractivity contribution in [3.05, 3.63) is 47.4 Å². The van der Waals surface area contributed by atoms with Crippen LogP contribution in [-0.2, 0) is 4.79 Å². The van der Waals surface area contributed by atoms with E-state index < -0.39 is 0 Å². The van der Waals surface area contributed by atoms with E-state index in [4.69, 9.17) is 4.42 Å². The Kier molecular flexibility index (Phi) is 5.04. The monoisotopic (exact) mass is 398 g/mol. The lowest BCUT2D eigenvalue weighted by Gasteiger charge is -2.31. The van der Waals surface area contributed by atoms with Gasteiger partial charge in [0.05, 0.1) is 21.7 Å². The zero-order chi connectivity index (χ0) is 19.7. The van der Waals surface area contributed by atoms with Crippen LogP contribution in [0.3, 0.4) is 0 Å². The van der Waals surface area contributed by atoms with Gasteiger partial charge in [-0.1, -0.05) is 23.5 Å². The number of amides is 2. The molecule has 146 valence electrons. The molecule has 3 aromatic rings. The number of thiazole rings is 1. The number of benzene rings is 1. The molecule has 1 atom stereocenters. The Bertz CT molecular complexity index is 993. The van der Waals surface area contributed by atoms with E-state index in [1.807, 2.05) is 18.2 Å². The molecule has 0 bridgehead atoms. The number of hydrazine groups is 1. The van der Waals surface area contributed by atoms with Crippen molar-refractivity contribution in [3.63, 3.8) is 0 Å². The lowest BCUT2D eigenvalue weighted by molar-refractivity contribution is -0.126. The molecule has 0 unspecified atom stereocenters. The second kappa shape index (κ2) is 7.63. The predicted octanol–water partition coefficient (Wildman–Crippen LogP) is 3.18. The van der Waals surface area contributed by atoms with Gasteiger partial charge in [-0.2, -0.15) is 0 Å². The van der Waals surface area contributed by atoms with Gasteiger partial charge in [0.25, 0.3) is 5.91 Å². The maximum atomic E-state index is 12.6. The minimum atomic E-state index is -0.374. The SMILES string of the molecule is Cc1cc(C(=O)NNC(=O)[C@H]2CCCN(c3nc4ccccc4s3)C2)c(C)o1. The summed E-state index contributed by atoms with van der Waals surface area (Å²) in [6.07, 6.45) is 1.69. The summed E-state index contributed by atoms with van der Waals surface area (Å²) >= 11 is 1.64. The number of furan rings is 1. The summed E-state index contributed by atoms with van der Waals surface area (Å²) in [5, 5.41) is 0.937. The molecule has 1 aromatic carbocycles. The van der Waals surface area contributed by atoms with Gasteiger partial charge in [-0.3, -0.25) is 20.4 Å². The molecule has 3 heterocycles. The highest BCUT2D eigenvalue weighted by Gasteiger charge is 2.28. The second-order valence-corrected chi connectivity index (χ2v) is 8.03. The summed E-state index contributed by atoms with van der Waals surface area (Å²) in [5.41, 5.74) is 6.47. The van der Waals surface area contributed by atoms with Crippen molar-refractivity contribution in [2.45, 2.75) is 26.7 Å². The summed E-state index contributed by atoms with van der Waals surface area (Å²) < 4.78 is 6.50. The molecule has 1 aliphatic heterocycles. The van der Waals surface area contributed by atoms with Crippen LogP contribution >= 0.6 is 11.3 Å². The Labute approximate surface area is 166 Å². The van der Waals surface area contributed by atoms with Gasteiger partial charge >= 0.3 is 0 Å². The normalized spacial score (nSPS) is 16.9. The highest BCUT2D eigenvalue weighted by atomic mass is 32.1. The zero-order valence-electron chi connectivity index (χ0n) is 15.8. The van der Waals surface area contributed by atoms with Crippen molar-refractivity contribution < 1.29 is 14.0 Å². The van der Waals surface area contributed by atoms with E-state index in [1.54, 1.807) is 31.3 Å². The molecule has 0 saturated carbocycles. The number of hydrogen-bond acceptors (Lipinski definition) is 6. The van der Waals surface area contributed by atoms with Crippen molar-refractivity contribution in [1.82, 2.24) is 15.8 Å². The first-order chi connectivity index (χ1) is 13.5. The summed E-state index contributed by atoms with van der Waals surface area (Å²) in [7, 11) is 0. The lowest BCUT2D eigenvalue weighted by atomic mass is 9.98. The van der Waals surface area contributed by atoms with Gasteiger partial charge in [-0.25, -0.2) is 4.98 Å². The predicted molar refractivity (Wildman–Crippen MR) is 108 cm³/mol. The lowest BCUT2D eigenvalue weighted by Crippen LogP contribution is -2.49. The van der Waals surface area contributed by atoms with Crippen LogP contribution in [0.2, 0.25) is 0 Å². The maximum Gasteiger partial charge on any atom is 0.273 e. The van der Waals surface area contributed by atoms with E-state index in [0.717, 1.165) is 34.7 Å². The van der Waals surface area contributed by atoms with Crippen LogP contribution in [0.1, 0.15) is 34.7 Å². The topological polar surface area (TPSA) is 87.5 Å². The van der Waals surface area contributed by atoms with E-state index in [-0.39, 0.29) is 17.7 Å². The summed E-state index contributed by atoms with van der Waals surface area (Å²) in [4.78, 5) is 31.7. The van der Waals surface area contributed by atoms with Gasteiger partial charge in [0.15, 0.2) is 5.13 Å². The zero-order valence-corrected chi connectivity index (χ0v) is 16.6. The number of piperidine rings is 1. The number of para-hydroxylation sites is 1. The average Bonchev–Trinajstić information content (AvgIpc) is 3.28. The third kappa shape index (κ3) is 3.73. The van der Waals surface area contributed by atoms with Crippen LogP contribution in [0.4, 0.5) is 5.13 Å². The minimum Gasteiger partial charge on any atom is -0.466 e. The largest absolute Gasteiger partial charge is 0.466 e. The highest BCUT2D eigenvalue weighted by Crippen LogP contribution is 2.31. The fourth-order valence-electron chi connectivity index (χ4n) is 3.50. The van der Waals surface area contributed by atoms with E-state index in [0.29, 0.717) is 23.6 Å². The van der Waals surface area contributed by atoms with Crippen molar-refractivity contribution in [2.24, 2.45) is 5.92 Å². The van der Waals surface area contributed by atoms with Gasteiger partial charge in [-0.05, 0) is 44.9 Å². The van der Waals surface area contributed by atoms with Crippen LogP contribution in [0.15, 0.2) is 34.7 Å². The van der Waals surface area contributed by atoms with E-state index in [9.17, 15) is 9.59 Å². The summed E-state index contributed by atoms with van der Waals surface area (Å²) in [6.45, 7) is 4.97. The number of nitrogens with zero attached hydrogens (tertiary/aromatic N) is 2. The Hall–Kier alpha value is -2.87. The number of fused-ring (bicyclic) bond motifs is 1. The number of carbonyl (C=O) groups is 2. The molecular weight excluding hydrogens is 376 g/mol. The summed E-state index contributed by atoms with van der Waals surface area (Å²) in [5.74, 6) is 0.434. The quantitative estimate of drug-likeness (QED) is 0.662. The number of aromatic nitrogens is 1. The van der Waals surface area contributed by atoms with Crippen molar-refractivity contribution >= 4 is 38.5 Å². The molecular formula is C20H22N4O3S. The number of aryl methyl sites for hydroxylation is 2. The highest BCUT2D eigenvalue weighted by molar-refractivity contribution is 7.22. The third-order valence-corrected chi connectivity index (χ3v) is 6.03. The molecule has 2 aromatic heterocycles. The van der Waals surface area contributed by atoms with Crippen LogP contribution in [0, 0.1) is 19.8 Å².